The molecule has 0 bridgehead atoms. The van der Waals surface area contributed by atoms with Gasteiger partial charge in [0.1, 0.15) is 24.7 Å². The average Bonchev–Trinajstić information content (AvgIpc) is 2.86. The number of oxime groups is 1. The number of ether oxygens (including phenoxy) is 1. The molecule has 2 aliphatic heterocycles. The van der Waals surface area contributed by atoms with Gasteiger partial charge in [0.2, 0.25) is 0 Å². The van der Waals surface area contributed by atoms with E-state index in [4.69, 9.17) is 9.57 Å². The van der Waals surface area contributed by atoms with Gasteiger partial charge < -0.3 is 9.57 Å². The van der Waals surface area contributed by atoms with Gasteiger partial charge in [-0.1, -0.05) is 35.5 Å². The Morgan fingerprint density at radius 3 is 3.00 bits per heavy atom. The van der Waals surface area contributed by atoms with Crippen molar-refractivity contribution in [3.05, 3.63) is 42.0 Å². The largest absolute Gasteiger partial charge is 0.492 e. The molecule has 1 atom stereocenters. The van der Waals surface area contributed by atoms with Crippen LogP contribution in [0.1, 0.15) is 5.56 Å². The monoisotopic (exact) mass is 225 g/mol. The van der Waals surface area contributed by atoms with Crippen molar-refractivity contribution in [2.75, 3.05) is 13.2 Å². The molecule has 2 heterocycles. The van der Waals surface area contributed by atoms with Gasteiger partial charge >= 0.3 is 0 Å². The quantitative estimate of drug-likeness (QED) is 0.690. The molecule has 0 saturated heterocycles. The number of hydrogen-bond acceptors (Lipinski definition) is 3. The second kappa shape index (κ2) is 3.23. The van der Waals surface area contributed by atoms with E-state index >= 15 is 0 Å². The Morgan fingerprint density at radius 1 is 1.06 bits per heavy atom. The minimum atomic E-state index is 0.285. The van der Waals surface area contributed by atoms with Gasteiger partial charge in [0.05, 0.1) is 5.92 Å². The molecular formula is C14H11NO2. The van der Waals surface area contributed by atoms with Crippen LogP contribution in [-0.4, -0.2) is 18.9 Å². The lowest BCUT2D eigenvalue weighted by Crippen LogP contribution is -2.27. The number of benzene rings is 2. The van der Waals surface area contributed by atoms with Gasteiger partial charge in [-0.25, -0.2) is 0 Å². The van der Waals surface area contributed by atoms with E-state index < -0.39 is 0 Å². The van der Waals surface area contributed by atoms with E-state index in [9.17, 15) is 0 Å². The summed E-state index contributed by atoms with van der Waals surface area (Å²) in [5, 5.41) is 6.59. The summed E-state index contributed by atoms with van der Waals surface area (Å²) in [7, 11) is 0. The maximum atomic E-state index is 5.78. The summed E-state index contributed by atoms with van der Waals surface area (Å²) in [4.78, 5) is 5.21. The maximum absolute atomic E-state index is 5.78. The lowest BCUT2D eigenvalue weighted by molar-refractivity contribution is 0.137. The molecular weight excluding hydrogens is 214 g/mol. The highest BCUT2D eigenvalue weighted by atomic mass is 16.6. The van der Waals surface area contributed by atoms with E-state index in [1.807, 2.05) is 18.2 Å². The van der Waals surface area contributed by atoms with Crippen LogP contribution >= 0.6 is 0 Å². The van der Waals surface area contributed by atoms with Crippen LogP contribution in [0.15, 0.2) is 41.6 Å². The highest BCUT2D eigenvalue weighted by molar-refractivity contribution is 6.15. The Morgan fingerprint density at radius 2 is 2.00 bits per heavy atom. The van der Waals surface area contributed by atoms with Crippen LogP contribution in [0.5, 0.6) is 5.75 Å². The normalized spacial score (nSPS) is 21.2. The Labute approximate surface area is 98.6 Å². The molecule has 3 nitrogen and oxygen atoms in total. The predicted molar refractivity (Wildman–Crippen MR) is 65.4 cm³/mol. The molecule has 1 unspecified atom stereocenters. The molecule has 17 heavy (non-hydrogen) atoms. The van der Waals surface area contributed by atoms with Crippen LogP contribution < -0.4 is 4.74 Å². The molecule has 3 heteroatoms. The van der Waals surface area contributed by atoms with Crippen LogP contribution in [0.25, 0.3) is 10.8 Å². The number of nitrogens with zero attached hydrogens (tertiary/aromatic N) is 1. The molecule has 0 radical (unpaired) electrons. The van der Waals surface area contributed by atoms with Gasteiger partial charge in [-0.15, -0.1) is 0 Å². The van der Waals surface area contributed by atoms with E-state index in [0.717, 1.165) is 17.0 Å². The van der Waals surface area contributed by atoms with Gasteiger partial charge in [0, 0.05) is 5.56 Å². The Kier molecular flexibility index (Phi) is 1.72. The molecule has 0 aromatic heterocycles. The average molecular weight is 225 g/mol. The number of fused-ring (bicyclic) bond motifs is 5. The third-order valence-electron chi connectivity index (χ3n) is 3.41. The van der Waals surface area contributed by atoms with Gasteiger partial charge in [0.25, 0.3) is 0 Å². The predicted octanol–water partition coefficient (Wildman–Crippen LogP) is 2.58. The van der Waals surface area contributed by atoms with E-state index in [2.05, 4.69) is 23.4 Å². The van der Waals surface area contributed by atoms with Crippen molar-refractivity contribution in [2.24, 2.45) is 11.1 Å². The van der Waals surface area contributed by atoms with Crippen LogP contribution in [0, 0.1) is 5.92 Å². The Hall–Kier alpha value is -2.03. The highest BCUT2D eigenvalue weighted by Crippen LogP contribution is 2.35. The summed E-state index contributed by atoms with van der Waals surface area (Å²) < 4.78 is 5.78. The molecule has 0 amide bonds. The second-order valence-electron chi connectivity index (χ2n) is 4.44. The third-order valence-corrected chi connectivity index (χ3v) is 3.41. The van der Waals surface area contributed by atoms with Crippen molar-refractivity contribution >= 4 is 16.5 Å². The van der Waals surface area contributed by atoms with Crippen LogP contribution in [0.2, 0.25) is 0 Å². The van der Waals surface area contributed by atoms with Gasteiger partial charge in [0.15, 0.2) is 0 Å². The molecule has 4 rings (SSSR count). The van der Waals surface area contributed by atoms with Gasteiger partial charge in [-0.05, 0) is 16.8 Å². The first-order valence-electron chi connectivity index (χ1n) is 5.78. The van der Waals surface area contributed by atoms with E-state index in [-0.39, 0.29) is 5.92 Å². The fraction of sp³-hybridized carbons (Fsp3) is 0.214. The molecule has 0 aliphatic carbocycles. The van der Waals surface area contributed by atoms with Crippen molar-refractivity contribution in [1.82, 2.24) is 0 Å². The fourth-order valence-electron chi connectivity index (χ4n) is 2.55. The first kappa shape index (κ1) is 9.05. The fourth-order valence-corrected chi connectivity index (χ4v) is 2.55. The van der Waals surface area contributed by atoms with Crippen molar-refractivity contribution in [3.8, 4) is 5.75 Å². The molecule has 2 aromatic rings. The lowest BCUT2D eigenvalue weighted by atomic mass is 9.91. The molecule has 0 N–H and O–H groups in total. The molecule has 2 aliphatic rings. The third kappa shape index (κ3) is 1.19. The first-order chi connectivity index (χ1) is 8.43. The lowest BCUT2D eigenvalue weighted by Gasteiger charge is -2.22. The van der Waals surface area contributed by atoms with E-state index in [0.29, 0.717) is 13.2 Å². The summed E-state index contributed by atoms with van der Waals surface area (Å²) in [5.74, 6) is 1.21. The molecule has 0 fully saturated rings. The van der Waals surface area contributed by atoms with Crippen LogP contribution in [0.4, 0.5) is 0 Å². The van der Waals surface area contributed by atoms with E-state index in [1.54, 1.807) is 0 Å². The molecule has 0 spiro atoms. The van der Waals surface area contributed by atoms with E-state index in [1.165, 1.54) is 10.8 Å². The van der Waals surface area contributed by atoms with Crippen LogP contribution in [0.3, 0.4) is 0 Å². The topological polar surface area (TPSA) is 30.8 Å². The minimum absolute atomic E-state index is 0.285. The zero-order valence-corrected chi connectivity index (χ0v) is 9.22. The standard InChI is InChI=1S/C14H11NO2/c1-2-4-11-9(3-1)5-6-12-13(11)14-10(7-16-12)8-17-15-14/h1-6,10H,7-8H2. The Bertz CT molecular complexity index is 633. The molecule has 2 aromatic carbocycles. The van der Waals surface area contributed by atoms with Crippen molar-refractivity contribution in [1.29, 1.82) is 0 Å². The second-order valence-corrected chi connectivity index (χ2v) is 4.44. The smallest absolute Gasteiger partial charge is 0.129 e. The Balaban J connectivity index is 2.08. The van der Waals surface area contributed by atoms with Crippen molar-refractivity contribution in [2.45, 2.75) is 0 Å². The van der Waals surface area contributed by atoms with Crippen molar-refractivity contribution in [3.63, 3.8) is 0 Å². The minimum Gasteiger partial charge on any atom is -0.492 e. The summed E-state index contributed by atoms with van der Waals surface area (Å²) in [6.45, 7) is 1.31. The first-order valence-corrected chi connectivity index (χ1v) is 5.78. The molecule has 84 valence electrons. The SMILES string of the molecule is c1ccc2c3c(ccc2c1)OCC1CON=C31. The summed E-state index contributed by atoms with van der Waals surface area (Å²) in [6, 6.07) is 12.4. The maximum Gasteiger partial charge on any atom is 0.129 e. The highest BCUT2D eigenvalue weighted by Gasteiger charge is 2.33. The zero-order valence-electron chi connectivity index (χ0n) is 9.22. The van der Waals surface area contributed by atoms with Crippen LogP contribution in [-0.2, 0) is 4.84 Å². The van der Waals surface area contributed by atoms with Gasteiger partial charge in [-0.2, -0.15) is 0 Å². The zero-order chi connectivity index (χ0) is 11.2. The van der Waals surface area contributed by atoms with Crippen molar-refractivity contribution < 1.29 is 9.57 Å². The summed E-state index contributed by atoms with van der Waals surface area (Å²) in [6.07, 6.45) is 0. The van der Waals surface area contributed by atoms with Gasteiger partial charge in [-0.3, -0.25) is 0 Å². The molecule has 0 saturated carbocycles. The number of hydrogen-bond donors (Lipinski definition) is 0. The number of rotatable bonds is 0. The summed E-state index contributed by atoms with van der Waals surface area (Å²) in [5.41, 5.74) is 2.15. The summed E-state index contributed by atoms with van der Waals surface area (Å²) >= 11 is 0.